The molecule has 21 heavy (non-hydrogen) atoms. The average Bonchev–Trinajstić information content (AvgIpc) is 2.40. The van der Waals surface area contributed by atoms with Gasteiger partial charge in [0.1, 0.15) is 11.6 Å². The van der Waals surface area contributed by atoms with Gasteiger partial charge in [-0.15, -0.1) is 0 Å². The zero-order chi connectivity index (χ0) is 15.7. The molecule has 0 saturated carbocycles. The Morgan fingerprint density at radius 2 is 2.10 bits per heavy atom. The number of ether oxygens (including phenoxy) is 1. The van der Waals surface area contributed by atoms with Gasteiger partial charge in [-0.2, -0.15) is 0 Å². The van der Waals surface area contributed by atoms with Gasteiger partial charge >= 0.3 is 0 Å². The van der Waals surface area contributed by atoms with E-state index >= 15 is 0 Å². The Morgan fingerprint density at radius 3 is 2.76 bits per heavy atom. The third-order valence-electron chi connectivity index (χ3n) is 2.66. The number of benzene rings is 1. The molecule has 1 rings (SSSR count). The van der Waals surface area contributed by atoms with Crippen LogP contribution in [-0.2, 0) is 26.1 Å². The molecule has 1 atom stereocenters. The number of amides is 1. The summed E-state index contributed by atoms with van der Waals surface area (Å²) in [6.07, 6.45) is 0.887. The molecule has 0 spiro atoms. The molecule has 0 radical (unpaired) electrons. The Balaban J connectivity index is 2.22. The van der Waals surface area contributed by atoms with Crippen LogP contribution in [0.4, 0.5) is 4.39 Å². The molecule has 1 amide bonds. The Labute approximate surface area is 127 Å². The minimum absolute atomic E-state index is 0.0521. The summed E-state index contributed by atoms with van der Waals surface area (Å²) in [6.45, 7) is 4.97. The molecule has 1 N–H and O–H groups in total. The fourth-order valence-electron chi connectivity index (χ4n) is 1.66. The highest BCUT2D eigenvalue weighted by molar-refractivity contribution is 7.84. The molecule has 0 saturated heterocycles. The number of hydrogen-bond donors (Lipinski definition) is 1. The third-order valence-corrected chi connectivity index (χ3v) is 3.88. The van der Waals surface area contributed by atoms with Crippen molar-refractivity contribution in [2.75, 3.05) is 18.9 Å². The maximum atomic E-state index is 13.4. The summed E-state index contributed by atoms with van der Waals surface area (Å²) in [6, 6.07) is 6.16. The van der Waals surface area contributed by atoms with Crippen LogP contribution in [0.3, 0.4) is 0 Å². The first-order chi connectivity index (χ1) is 9.99. The van der Waals surface area contributed by atoms with E-state index in [2.05, 4.69) is 5.32 Å². The quantitative estimate of drug-likeness (QED) is 0.709. The minimum Gasteiger partial charge on any atom is -0.379 e. The van der Waals surface area contributed by atoms with Crippen molar-refractivity contribution in [3.8, 4) is 0 Å². The van der Waals surface area contributed by atoms with Gasteiger partial charge in [0.15, 0.2) is 0 Å². The van der Waals surface area contributed by atoms with Crippen LogP contribution >= 0.6 is 0 Å². The maximum Gasteiger partial charge on any atom is 0.232 e. The summed E-state index contributed by atoms with van der Waals surface area (Å²) >= 11 is 0. The Hall–Kier alpha value is -1.27. The average molecular weight is 315 g/mol. The van der Waals surface area contributed by atoms with Crippen LogP contribution in [0.1, 0.15) is 25.8 Å². The first kappa shape index (κ1) is 17.8. The van der Waals surface area contributed by atoms with E-state index in [0.717, 1.165) is 0 Å². The number of carbonyl (C=O) groups is 1. The van der Waals surface area contributed by atoms with Crippen molar-refractivity contribution in [1.82, 2.24) is 5.32 Å². The van der Waals surface area contributed by atoms with Gasteiger partial charge in [-0.05, 0) is 26.3 Å². The summed E-state index contributed by atoms with van der Waals surface area (Å²) in [5, 5.41) is 2.68. The van der Waals surface area contributed by atoms with Crippen LogP contribution in [-0.4, -0.2) is 35.1 Å². The molecule has 4 nitrogen and oxygen atoms in total. The van der Waals surface area contributed by atoms with E-state index in [1.165, 1.54) is 6.07 Å². The summed E-state index contributed by atoms with van der Waals surface area (Å²) < 4.78 is 30.5. The van der Waals surface area contributed by atoms with E-state index in [4.69, 9.17) is 4.74 Å². The highest BCUT2D eigenvalue weighted by Crippen LogP contribution is 2.09. The van der Waals surface area contributed by atoms with Crippen LogP contribution in [0.2, 0.25) is 0 Å². The second-order valence-electron chi connectivity index (χ2n) is 4.94. The van der Waals surface area contributed by atoms with Crippen LogP contribution in [0, 0.1) is 5.82 Å². The van der Waals surface area contributed by atoms with Gasteiger partial charge in [-0.1, -0.05) is 18.2 Å². The topological polar surface area (TPSA) is 55.4 Å². The molecular formula is C15H22FNO3S. The summed E-state index contributed by atoms with van der Waals surface area (Å²) in [7, 11) is -1.41. The lowest BCUT2D eigenvalue weighted by Crippen LogP contribution is -2.30. The highest BCUT2D eigenvalue weighted by Gasteiger charge is 2.10. The molecular weight excluding hydrogens is 293 g/mol. The first-order valence-corrected chi connectivity index (χ1v) is 8.44. The smallest absolute Gasteiger partial charge is 0.232 e. The number of halogens is 1. The molecule has 0 aliphatic rings. The van der Waals surface area contributed by atoms with Crippen molar-refractivity contribution in [3.63, 3.8) is 0 Å². The van der Waals surface area contributed by atoms with Crippen LogP contribution in [0.5, 0.6) is 0 Å². The van der Waals surface area contributed by atoms with E-state index in [1.807, 2.05) is 13.8 Å². The normalized spacial score (nSPS) is 12.4. The molecule has 1 unspecified atom stereocenters. The van der Waals surface area contributed by atoms with Gasteiger partial charge in [0.05, 0.1) is 11.9 Å². The van der Waals surface area contributed by atoms with Crippen LogP contribution in [0.25, 0.3) is 0 Å². The van der Waals surface area contributed by atoms with Crippen molar-refractivity contribution in [3.05, 3.63) is 35.6 Å². The fourth-order valence-corrected chi connectivity index (χ4v) is 2.73. The molecule has 0 fully saturated rings. The van der Waals surface area contributed by atoms with Gasteiger partial charge in [-0.25, -0.2) is 4.39 Å². The SMILES string of the molecule is CC(C)OCCCNC(=O)CS(=O)Cc1ccccc1F. The zero-order valence-electron chi connectivity index (χ0n) is 12.4. The van der Waals surface area contributed by atoms with E-state index in [0.29, 0.717) is 25.1 Å². The number of carbonyl (C=O) groups excluding carboxylic acids is 1. The predicted molar refractivity (Wildman–Crippen MR) is 81.8 cm³/mol. The zero-order valence-corrected chi connectivity index (χ0v) is 13.2. The van der Waals surface area contributed by atoms with Gasteiger partial charge in [0, 0.05) is 29.5 Å². The van der Waals surface area contributed by atoms with Crippen LogP contribution < -0.4 is 5.32 Å². The van der Waals surface area contributed by atoms with E-state index in [-0.39, 0.29) is 23.5 Å². The molecule has 0 aromatic heterocycles. The lowest BCUT2D eigenvalue weighted by Gasteiger charge is -2.08. The molecule has 6 heteroatoms. The number of rotatable bonds is 9. The van der Waals surface area contributed by atoms with Crippen molar-refractivity contribution in [2.45, 2.75) is 32.1 Å². The number of nitrogens with one attached hydrogen (secondary N) is 1. The Kier molecular flexibility index (Phi) is 8.15. The highest BCUT2D eigenvalue weighted by atomic mass is 32.2. The van der Waals surface area contributed by atoms with Crippen LogP contribution in [0.15, 0.2) is 24.3 Å². The molecule has 118 valence electrons. The van der Waals surface area contributed by atoms with Gasteiger partial charge in [0.25, 0.3) is 0 Å². The monoisotopic (exact) mass is 315 g/mol. The van der Waals surface area contributed by atoms with E-state index in [1.54, 1.807) is 18.2 Å². The fraction of sp³-hybridized carbons (Fsp3) is 0.533. The minimum atomic E-state index is -1.41. The third kappa shape index (κ3) is 7.92. The number of hydrogen-bond acceptors (Lipinski definition) is 3. The summed E-state index contributed by atoms with van der Waals surface area (Å²) in [4.78, 5) is 11.6. The lowest BCUT2D eigenvalue weighted by molar-refractivity contribution is -0.118. The molecule has 0 heterocycles. The molecule has 0 bridgehead atoms. The largest absolute Gasteiger partial charge is 0.379 e. The maximum absolute atomic E-state index is 13.4. The Morgan fingerprint density at radius 1 is 1.38 bits per heavy atom. The van der Waals surface area contributed by atoms with E-state index < -0.39 is 16.6 Å². The predicted octanol–water partition coefficient (Wildman–Crippen LogP) is 2.01. The standard InChI is InChI=1S/C15H22FNO3S/c1-12(2)20-9-5-8-17-15(18)11-21(19)10-13-6-3-4-7-14(13)16/h3-4,6-7,12H,5,8-11H2,1-2H3,(H,17,18). The van der Waals surface area contributed by atoms with Crippen molar-refractivity contribution in [1.29, 1.82) is 0 Å². The Bertz CT molecular complexity index is 480. The van der Waals surface area contributed by atoms with Crippen molar-refractivity contribution >= 4 is 16.7 Å². The molecule has 1 aromatic carbocycles. The van der Waals surface area contributed by atoms with Gasteiger partial charge in [-0.3, -0.25) is 9.00 Å². The van der Waals surface area contributed by atoms with Crippen molar-refractivity contribution < 1.29 is 18.1 Å². The van der Waals surface area contributed by atoms with Gasteiger partial charge < -0.3 is 10.1 Å². The van der Waals surface area contributed by atoms with Gasteiger partial charge in [0.2, 0.25) is 5.91 Å². The molecule has 0 aliphatic carbocycles. The lowest BCUT2D eigenvalue weighted by atomic mass is 10.2. The second-order valence-corrected chi connectivity index (χ2v) is 6.40. The van der Waals surface area contributed by atoms with E-state index in [9.17, 15) is 13.4 Å². The first-order valence-electron chi connectivity index (χ1n) is 6.95. The second kappa shape index (κ2) is 9.63. The van der Waals surface area contributed by atoms with Crippen molar-refractivity contribution in [2.24, 2.45) is 0 Å². The summed E-state index contributed by atoms with van der Waals surface area (Å²) in [5.74, 6) is -0.734. The molecule has 0 aliphatic heterocycles. The molecule has 1 aromatic rings. The summed E-state index contributed by atoms with van der Waals surface area (Å²) in [5.41, 5.74) is 0.369.